The minimum atomic E-state index is -2.87. The largest absolute Gasteiger partial charge is 0.497 e. The Balaban J connectivity index is 1.58. The van der Waals surface area contributed by atoms with Gasteiger partial charge in [-0.3, -0.25) is 10.1 Å². The number of amides is 1. The summed E-state index contributed by atoms with van der Waals surface area (Å²) < 4.78 is 33.7. The number of hydrogen-bond donors (Lipinski definition) is 1. The molecule has 1 heterocycles. The molecule has 0 spiro atoms. The van der Waals surface area contributed by atoms with Crippen LogP contribution in [0.1, 0.15) is 5.56 Å². The van der Waals surface area contributed by atoms with E-state index in [-0.39, 0.29) is 11.7 Å². The van der Waals surface area contributed by atoms with Crippen LogP contribution < -0.4 is 14.8 Å². The monoisotopic (exact) mass is 402 g/mol. The van der Waals surface area contributed by atoms with Crippen molar-refractivity contribution in [2.75, 3.05) is 12.4 Å². The number of carbonyl (C=O) groups is 1. The predicted octanol–water partition coefficient (Wildman–Crippen LogP) is 5.07. The molecule has 1 N–H and O–H groups in total. The SMILES string of the molecule is COc1ccc(-c2csc(NC(=O)/C=C/c3ccc(OC(F)F)cc3)n2)cc1. The molecule has 0 aliphatic rings. The minimum absolute atomic E-state index is 0.0606. The number of halogens is 2. The van der Waals surface area contributed by atoms with Crippen molar-refractivity contribution in [3.05, 3.63) is 65.6 Å². The van der Waals surface area contributed by atoms with Gasteiger partial charge in [0.25, 0.3) is 0 Å². The van der Waals surface area contributed by atoms with Crippen LogP contribution in [-0.4, -0.2) is 24.6 Å². The van der Waals surface area contributed by atoms with E-state index in [1.165, 1.54) is 29.5 Å². The lowest BCUT2D eigenvalue weighted by Gasteiger charge is -2.03. The van der Waals surface area contributed by atoms with E-state index in [1.807, 2.05) is 29.6 Å². The maximum Gasteiger partial charge on any atom is 0.387 e. The maximum atomic E-state index is 12.1. The molecule has 5 nitrogen and oxygen atoms in total. The Morgan fingerprint density at radius 1 is 1.11 bits per heavy atom. The third-order valence-corrected chi connectivity index (χ3v) is 4.41. The number of alkyl halides is 2. The number of methoxy groups -OCH3 is 1. The zero-order valence-electron chi connectivity index (χ0n) is 14.8. The van der Waals surface area contributed by atoms with Gasteiger partial charge in [0, 0.05) is 17.0 Å². The van der Waals surface area contributed by atoms with Gasteiger partial charge in [0.2, 0.25) is 5.91 Å². The van der Waals surface area contributed by atoms with Crippen molar-refractivity contribution in [2.24, 2.45) is 0 Å². The van der Waals surface area contributed by atoms with Crippen LogP contribution in [0.4, 0.5) is 13.9 Å². The van der Waals surface area contributed by atoms with Crippen LogP contribution >= 0.6 is 11.3 Å². The summed E-state index contributed by atoms with van der Waals surface area (Å²) in [4.78, 5) is 16.5. The van der Waals surface area contributed by atoms with E-state index in [9.17, 15) is 13.6 Å². The van der Waals surface area contributed by atoms with Crippen LogP contribution in [0.5, 0.6) is 11.5 Å². The van der Waals surface area contributed by atoms with Crippen molar-refractivity contribution in [3.63, 3.8) is 0 Å². The van der Waals surface area contributed by atoms with Gasteiger partial charge >= 0.3 is 6.61 Å². The molecular formula is C20H16F2N2O3S. The van der Waals surface area contributed by atoms with E-state index < -0.39 is 6.61 Å². The normalized spacial score (nSPS) is 11.0. The van der Waals surface area contributed by atoms with Crippen molar-refractivity contribution in [1.29, 1.82) is 0 Å². The van der Waals surface area contributed by atoms with Gasteiger partial charge in [0.1, 0.15) is 11.5 Å². The highest BCUT2D eigenvalue weighted by Gasteiger charge is 2.07. The van der Waals surface area contributed by atoms with Gasteiger partial charge in [-0.1, -0.05) is 12.1 Å². The van der Waals surface area contributed by atoms with E-state index in [0.717, 1.165) is 17.0 Å². The van der Waals surface area contributed by atoms with Crippen molar-refractivity contribution in [3.8, 4) is 22.8 Å². The maximum absolute atomic E-state index is 12.1. The number of benzene rings is 2. The number of carbonyl (C=O) groups excluding carboxylic acids is 1. The summed E-state index contributed by atoms with van der Waals surface area (Å²) in [5.41, 5.74) is 2.34. The van der Waals surface area contributed by atoms with E-state index >= 15 is 0 Å². The molecule has 0 saturated carbocycles. The number of thiazole rings is 1. The first kappa shape index (κ1) is 19.5. The van der Waals surface area contributed by atoms with Gasteiger partial charge < -0.3 is 9.47 Å². The molecule has 0 aliphatic heterocycles. The van der Waals surface area contributed by atoms with Crippen LogP contribution in [0.3, 0.4) is 0 Å². The minimum Gasteiger partial charge on any atom is -0.497 e. The Bertz CT molecular complexity index is 954. The number of rotatable bonds is 7. The number of nitrogens with one attached hydrogen (secondary N) is 1. The lowest BCUT2D eigenvalue weighted by atomic mass is 10.2. The van der Waals surface area contributed by atoms with E-state index in [0.29, 0.717) is 10.7 Å². The Labute approximate surface area is 164 Å². The molecule has 0 bridgehead atoms. The molecule has 2 aromatic carbocycles. The summed E-state index contributed by atoms with van der Waals surface area (Å²) in [6, 6.07) is 13.4. The molecule has 0 saturated heterocycles. The second-order valence-electron chi connectivity index (χ2n) is 5.54. The van der Waals surface area contributed by atoms with Gasteiger partial charge in [-0.25, -0.2) is 4.98 Å². The molecule has 0 aliphatic carbocycles. The molecule has 3 aromatic rings. The first-order valence-electron chi connectivity index (χ1n) is 8.17. The standard InChI is InChI=1S/C20H16F2N2O3S/c1-26-15-9-5-14(6-10-15)17-12-28-20(23-17)24-18(25)11-4-13-2-7-16(8-3-13)27-19(21)22/h2-12,19H,1H3,(H,23,24,25)/b11-4+. The molecule has 28 heavy (non-hydrogen) atoms. The molecule has 1 aromatic heterocycles. The van der Waals surface area contributed by atoms with Gasteiger partial charge in [-0.2, -0.15) is 8.78 Å². The Hall–Kier alpha value is -3.26. The summed E-state index contributed by atoms with van der Waals surface area (Å²) in [7, 11) is 1.60. The molecule has 144 valence electrons. The number of ether oxygens (including phenoxy) is 2. The van der Waals surface area contributed by atoms with Gasteiger partial charge in [-0.15, -0.1) is 11.3 Å². The summed E-state index contributed by atoms with van der Waals surface area (Å²) in [5.74, 6) is 0.473. The molecular weight excluding hydrogens is 386 g/mol. The average molecular weight is 402 g/mol. The topological polar surface area (TPSA) is 60.5 Å². The number of nitrogens with zero attached hydrogens (tertiary/aromatic N) is 1. The third kappa shape index (κ3) is 5.37. The number of anilines is 1. The zero-order valence-corrected chi connectivity index (χ0v) is 15.6. The Morgan fingerprint density at radius 2 is 1.79 bits per heavy atom. The number of hydrogen-bond acceptors (Lipinski definition) is 5. The highest BCUT2D eigenvalue weighted by Crippen LogP contribution is 2.26. The molecule has 0 radical (unpaired) electrons. The second kappa shape index (κ2) is 9.09. The van der Waals surface area contributed by atoms with E-state index in [2.05, 4.69) is 15.0 Å². The fourth-order valence-electron chi connectivity index (χ4n) is 2.30. The van der Waals surface area contributed by atoms with Crippen LogP contribution in [0.2, 0.25) is 0 Å². The van der Waals surface area contributed by atoms with Crippen molar-refractivity contribution >= 4 is 28.5 Å². The molecule has 3 rings (SSSR count). The first-order chi connectivity index (χ1) is 13.5. The average Bonchev–Trinajstić information content (AvgIpc) is 3.15. The fraction of sp³-hybridized carbons (Fsp3) is 0.100. The predicted molar refractivity (Wildman–Crippen MR) is 105 cm³/mol. The highest BCUT2D eigenvalue weighted by molar-refractivity contribution is 7.14. The lowest BCUT2D eigenvalue weighted by molar-refractivity contribution is -0.111. The third-order valence-electron chi connectivity index (χ3n) is 3.65. The molecule has 0 unspecified atom stereocenters. The van der Waals surface area contributed by atoms with Crippen molar-refractivity contribution in [1.82, 2.24) is 4.98 Å². The molecule has 1 amide bonds. The van der Waals surface area contributed by atoms with Crippen LogP contribution in [0.25, 0.3) is 17.3 Å². The molecule has 0 atom stereocenters. The Morgan fingerprint density at radius 3 is 2.43 bits per heavy atom. The smallest absolute Gasteiger partial charge is 0.387 e. The molecule has 0 fully saturated rings. The second-order valence-corrected chi connectivity index (χ2v) is 6.39. The van der Waals surface area contributed by atoms with Crippen molar-refractivity contribution in [2.45, 2.75) is 6.61 Å². The van der Waals surface area contributed by atoms with E-state index in [4.69, 9.17) is 4.74 Å². The van der Waals surface area contributed by atoms with Gasteiger partial charge in [0.05, 0.1) is 12.8 Å². The van der Waals surface area contributed by atoms with Crippen molar-refractivity contribution < 1.29 is 23.0 Å². The Kier molecular flexibility index (Phi) is 6.33. The van der Waals surface area contributed by atoms with Crippen LogP contribution in [-0.2, 0) is 4.79 Å². The van der Waals surface area contributed by atoms with Gasteiger partial charge in [-0.05, 0) is 48.0 Å². The highest BCUT2D eigenvalue weighted by atomic mass is 32.1. The zero-order chi connectivity index (χ0) is 19.9. The van der Waals surface area contributed by atoms with Crippen LogP contribution in [0.15, 0.2) is 60.0 Å². The lowest BCUT2D eigenvalue weighted by Crippen LogP contribution is -2.07. The fourth-order valence-corrected chi connectivity index (χ4v) is 3.03. The van der Waals surface area contributed by atoms with Crippen LogP contribution in [0, 0.1) is 0 Å². The number of aromatic nitrogens is 1. The van der Waals surface area contributed by atoms with E-state index in [1.54, 1.807) is 25.3 Å². The summed E-state index contributed by atoms with van der Waals surface area (Å²) >= 11 is 1.32. The molecule has 8 heteroatoms. The van der Waals surface area contributed by atoms with Gasteiger partial charge in [0.15, 0.2) is 5.13 Å². The summed E-state index contributed by atoms with van der Waals surface area (Å²) in [6.07, 6.45) is 2.91. The quantitative estimate of drug-likeness (QED) is 0.561. The first-order valence-corrected chi connectivity index (χ1v) is 9.05. The summed E-state index contributed by atoms with van der Waals surface area (Å²) in [6.45, 7) is -2.87. The summed E-state index contributed by atoms with van der Waals surface area (Å²) in [5, 5.41) is 5.02.